The predicted molar refractivity (Wildman–Crippen MR) is 86.3 cm³/mol. The molecule has 2 N–H and O–H groups in total. The fraction of sp³-hybridized carbons (Fsp3) is 0.812. The Kier molecular flexibility index (Phi) is 7.24. The van der Waals surface area contributed by atoms with Crippen molar-refractivity contribution in [3.8, 4) is 0 Å². The van der Waals surface area contributed by atoms with Crippen LogP contribution in [-0.2, 0) is 13.0 Å². The van der Waals surface area contributed by atoms with Crippen LogP contribution in [-0.4, -0.2) is 35.5 Å². The minimum absolute atomic E-state index is 0.510. The van der Waals surface area contributed by atoms with Crippen molar-refractivity contribution in [1.29, 1.82) is 0 Å². The van der Waals surface area contributed by atoms with Gasteiger partial charge in [0.05, 0.1) is 5.69 Å². The lowest BCUT2D eigenvalue weighted by atomic mass is 10.1. The van der Waals surface area contributed by atoms with E-state index in [1.54, 1.807) is 0 Å². The third kappa shape index (κ3) is 5.25. The third-order valence-corrected chi connectivity index (χ3v) is 3.70. The van der Waals surface area contributed by atoms with Crippen molar-refractivity contribution >= 4 is 0 Å². The highest BCUT2D eigenvalue weighted by atomic mass is 15.3. The summed E-state index contributed by atoms with van der Waals surface area (Å²) < 4.78 is 2.10. The van der Waals surface area contributed by atoms with Gasteiger partial charge < -0.3 is 10.6 Å². The summed E-state index contributed by atoms with van der Waals surface area (Å²) in [6, 6.07) is 0.510. The summed E-state index contributed by atoms with van der Waals surface area (Å²) in [5.74, 6) is 0.715. The topological polar surface area (TPSA) is 41.9 Å². The maximum Gasteiger partial charge on any atom is 0.0628 e. The van der Waals surface area contributed by atoms with Gasteiger partial charge >= 0.3 is 0 Å². The standard InChI is InChI=1S/C16H32N4/c1-7-20-15(6)16(14(5)19-20)8-9-18-13(4)11-17-10-12(2)3/h12-13,17-18H,7-11H2,1-6H3. The molecule has 0 aliphatic carbocycles. The van der Waals surface area contributed by atoms with Gasteiger partial charge in [0.1, 0.15) is 0 Å². The molecule has 0 aromatic carbocycles. The molecule has 0 spiro atoms. The van der Waals surface area contributed by atoms with Gasteiger partial charge in [-0.05, 0) is 58.7 Å². The fourth-order valence-electron chi connectivity index (χ4n) is 2.51. The quantitative estimate of drug-likeness (QED) is 0.729. The van der Waals surface area contributed by atoms with Gasteiger partial charge in [-0.3, -0.25) is 4.68 Å². The van der Waals surface area contributed by atoms with E-state index in [1.165, 1.54) is 17.0 Å². The molecular weight excluding hydrogens is 248 g/mol. The summed E-state index contributed by atoms with van der Waals surface area (Å²) in [5, 5.41) is 11.6. The van der Waals surface area contributed by atoms with Crippen LogP contribution in [0.3, 0.4) is 0 Å². The summed E-state index contributed by atoms with van der Waals surface area (Å²) in [6.07, 6.45) is 1.06. The maximum atomic E-state index is 4.57. The van der Waals surface area contributed by atoms with E-state index in [1.807, 2.05) is 0 Å². The van der Waals surface area contributed by atoms with E-state index in [9.17, 15) is 0 Å². The largest absolute Gasteiger partial charge is 0.315 e. The molecule has 1 aromatic rings. The molecule has 0 radical (unpaired) electrons. The highest BCUT2D eigenvalue weighted by Crippen LogP contribution is 2.13. The number of hydrogen-bond donors (Lipinski definition) is 2. The normalized spacial score (nSPS) is 13.2. The van der Waals surface area contributed by atoms with Crippen LogP contribution in [0.2, 0.25) is 0 Å². The van der Waals surface area contributed by atoms with E-state index in [0.29, 0.717) is 12.0 Å². The molecule has 1 rings (SSSR count). The van der Waals surface area contributed by atoms with E-state index in [4.69, 9.17) is 0 Å². The molecule has 0 aliphatic rings. The Bertz CT molecular complexity index is 395. The van der Waals surface area contributed by atoms with Crippen molar-refractivity contribution in [3.05, 3.63) is 17.0 Å². The van der Waals surface area contributed by atoms with Crippen molar-refractivity contribution in [1.82, 2.24) is 20.4 Å². The first kappa shape index (κ1) is 17.2. The summed E-state index contributed by atoms with van der Waals surface area (Å²) >= 11 is 0. The van der Waals surface area contributed by atoms with E-state index in [-0.39, 0.29) is 0 Å². The van der Waals surface area contributed by atoms with E-state index in [2.05, 4.69) is 62.0 Å². The molecule has 1 atom stereocenters. The van der Waals surface area contributed by atoms with Gasteiger partial charge in [0.15, 0.2) is 0 Å². The molecule has 1 aromatic heterocycles. The van der Waals surface area contributed by atoms with Crippen LogP contribution in [0.1, 0.15) is 44.6 Å². The SMILES string of the molecule is CCn1nc(C)c(CCNC(C)CNCC(C)C)c1C. The smallest absolute Gasteiger partial charge is 0.0628 e. The second-order valence-electron chi connectivity index (χ2n) is 6.12. The average Bonchev–Trinajstić information content (AvgIpc) is 2.65. The lowest BCUT2D eigenvalue weighted by Crippen LogP contribution is -2.38. The Morgan fingerprint density at radius 3 is 2.40 bits per heavy atom. The van der Waals surface area contributed by atoms with Gasteiger partial charge in [-0.1, -0.05) is 13.8 Å². The van der Waals surface area contributed by atoms with Gasteiger partial charge in [0.25, 0.3) is 0 Å². The van der Waals surface area contributed by atoms with Crippen LogP contribution >= 0.6 is 0 Å². The average molecular weight is 280 g/mol. The monoisotopic (exact) mass is 280 g/mol. The first-order valence-corrected chi connectivity index (χ1v) is 7.92. The van der Waals surface area contributed by atoms with Gasteiger partial charge in [0, 0.05) is 24.8 Å². The van der Waals surface area contributed by atoms with Gasteiger partial charge in [-0.15, -0.1) is 0 Å². The molecule has 4 nitrogen and oxygen atoms in total. The summed E-state index contributed by atoms with van der Waals surface area (Å²) in [7, 11) is 0. The highest BCUT2D eigenvalue weighted by Gasteiger charge is 2.10. The molecule has 1 heterocycles. The van der Waals surface area contributed by atoms with Crippen LogP contribution in [0.25, 0.3) is 0 Å². The zero-order chi connectivity index (χ0) is 15.1. The second-order valence-corrected chi connectivity index (χ2v) is 6.12. The van der Waals surface area contributed by atoms with Crippen LogP contribution in [0, 0.1) is 19.8 Å². The first-order chi connectivity index (χ1) is 9.45. The highest BCUT2D eigenvalue weighted by molar-refractivity contribution is 5.24. The van der Waals surface area contributed by atoms with Crippen molar-refractivity contribution in [3.63, 3.8) is 0 Å². The minimum Gasteiger partial charge on any atom is -0.315 e. The van der Waals surface area contributed by atoms with Gasteiger partial charge in [-0.25, -0.2) is 0 Å². The Morgan fingerprint density at radius 2 is 1.85 bits per heavy atom. The number of nitrogens with zero attached hydrogens (tertiary/aromatic N) is 2. The zero-order valence-electron chi connectivity index (χ0n) is 14.1. The molecule has 1 unspecified atom stereocenters. The van der Waals surface area contributed by atoms with Crippen molar-refractivity contribution in [2.75, 3.05) is 19.6 Å². The Morgan fingerprint density at radius 1 is 1.15 bits per heavy atom. The molecule has 0 saturated heterocycles. The van der Waals surface area contributed by atoms with Gasteiger partial charge in [0.2, 0.25) is 0 Å². The van der Waals surface area contributed by atoms with Crippen LogP contribution < -0.4 is 10.6 Å². The molecule has 0 bridgehead atoms. The molecule has 20 heavy (non-hydrogen) atoms. The molecule has 116 valence electrons. The zero-order valence-corrected chi connectivity index (χ0v) is 14.1. The predicted octanol–water partition coefficient (Wildman–Crippen LogP) is 2.29. The molecule has 4 heteroatoms. The van der Waals surface area contributed by atoms with Crippen LogP contribution in [0.5, 0.6) is 0 Å². The Balaban J connectivity index is 2.32. The number of rotatable bonds is 9. The van der Waals surface area contributed by atoms with Crippen LogP contribution in [0.4, 0.5) is 0 Å². The lowest BCUT2D eigenvalue weighted by Gasteiger charge is -2.15. The Hall–Kier alpha value is -0.870. The Labute approximate surface area is 124 Å². The van der Waals surface area contributed by atoms with E-state index < -0.39 is 0 Å². The van der Waals surface area contributed by atoms with Crippen molar-refractivity contribution in [2.24, 2.45) is 5.92 Å². The number of nitrogens with one attached hydrogen (secondary N) is 2. The molecule has 0 fully saturated rings. The van der Waals surface area contributed by atoms with Crippen molar-refractivity contribution in [2.45, 2.75) is 60.5 Å². The molecule has 0 saturated carbocycles. The van der Waals surface area contributed by atoms with E-state index >= 15 is 0 Å². The van der Waals surface area contributed by atoms with E-state index in [0.717, 1.165) is 32.6 Å². The summed E-state index contributed by atoms with van der Waals surface area (Å²) in [4.78, 5) is 0. The number of aryl methyl sites for hydroxylation is 2. The second kappa shape index (κ2) is 8.42. The summed E-state index contributed by atoms with van der Waals surface area (Å²) in [6.45, 7) is 17.2. The van der Waals surface area contributed by atoms with Crippen molar-refractivity contribution < 1.29 is 0 Å². The summed E-state index contributed by atoms with van der Waals surface area (Å²) in [5.41, 5.74) is 3.90. The van der Waals surface area contributed by atoms with Gasteiger partial charge in [-0.2, -0.15) is 5.10 Å². The first-order valence-electron chi connectivity index (χ1n) is 7.92. The third-order valence-electron chi connectivity index (χ3n) is 3.70. The lowest BCUT2D eigenvalue weighted by molar-refractivity contribution is 0.474. The molecule has 0 aliphatic heterocycles. The fourth-order valence-corrected chi connectivity index (χ4v) is 2.51. The molecular formula is C16H32N4. The number of aromatic nitrogens is 2. The minimum atomic E-state index is 0.510. The molecule has 0 amide bonds. The number of hydrogen-bond acceptors (Lipinski definition) is 3. The maximum absolute atomic E-state index is 4.57. The van der Waals surface area contributed by atoms with Crippen LogP contribution in [0.15, 0.2) is 0 Å².